The number of aliphatic hydroxyl groups excluding tert-OH is 2. The van der Waals surface area contributed by atoms with Gasteiger partial charge in [-0.3, -0.25) is 9.35 Å². The molecule has 1 amide bonds. The Morgan fingerprint density at radius 3 is 2.33 bits per heavy atom. The van der Waals surface area contributed by atoms with E-state index in [0.29, 0.717) is 31.2 Å². The third-order valence-corrected chi connectivity index (χ3v) is 14.2. The molecule has 0 spiro atoms. The first kappa shape index (κ1) is 33.5. The average Bonchev–Trinajstić information content (AvgIpc) is 3.28. The molecule has 0 aliphatic heterocycles. The number of carbonyl (C=O) groups excluding carboxylic acids is 1. The molecule has 0 bridgehead atoms. The number of fused-ring (bicyclic) bond motifs is 5. The number of halogens is 2. The van der Waals surface area contributed by atoms with Crippen LogP contribution in [0.25, 0.3) is 0 Å². The van der Waals surface area contributed by atoms with Gasteiger partial charge in [0, 0.05) is 25.4 Å². The van der Waals surface area contributed by atoms with E-state index in [1.165, 1.54) is 0 Å². The van der Waals surface area contributed by atoms with Crippen LogP contribution in [-0.2, 0) is 14.9 Å². The van der Waals surface area contributed by atoms with Gasteiger partial charge in [0.1, 0.15) is 6.10 Å². The maximum absolute atomic E-state index is 14.8. The molecule has 0 aromatic rings. The lowest BCUT2D eigenvalue weighted by atomic mass is 9.43. The van der Waals surface area contributed by atoms with Crippen molar-refractivity contribution in [3.8, 4) is 0 Å². The van der Waals surface area contributed by atoms with E-state index in [-0.39, 0.29) is 66.1 Å². The summed E-state index contributed by atoms with van der Waals surface area (Å²) in [5.41, 5.74) is -0.592. The molecule has 5 rings (SSSR count). The lowest BCUT2D eigenvalue weighted by Crippen LogP contribution is -2.62. The molecule has 0 aromatic heterocycles. The summed E-state index contributed by atoms with van der Waals surface area (Å²) < 4.78 is 61.5. The first-order valence-electron chi connectivity index (χ1n) is 17.1. The Balaban J connectivity index is 1.24. The summed E-state index contributed by atoms with van der Waals surface area (Å²) >= 11 is 0. The van der Waals surface area contributed by atoms with E-state index in [1.54, 1.807) is 0 Å². The summed E-state index contributed by atoms with van der Waals surface area (Å²) in [6, 6.07) is 0.132. The Morgan fingerprint density at radius 2 is 1.65 bits per heavy atom. The number of rotatable bonds is 9. The second-order valence-corrected chi connectivity index (χ2v) is 17.3. The Morgan fingerprint density at radius 1 is 0.977 bits per heavy atom. The van der Waals surface area contributed by atoms with Gasteiger partial charge in [-0.1, -0.05) is 40.0 Å². The second kappa shape index (κ2) is 12.4. The van der Waals surface area contributed by atoms with Gasteiger partial charge in [-0.25, -0.2) is 8.78 Å². The number of hydrogen-bond acceptors (Lipinski definition) is 5. The maximum Gasteiger partial charge on any atom is 0.274 e. The average molecular weight is 632 g/mol. The molecule has 5 fully saturated rings. The highest BCUT2D eigenvalue weighted by Crippen LogP contribution is 2.69. The largest absolute Gasteiger partial charge is 0.393 e. The number of amides is 1. The van der Waals surface area contributed by atoms with Crippen molar-refractivity contribution >= 4 is 16.0 Å². The lowest BCUT2D eigenvalue weighted by molar-refractivity contribution is -0.236. The molecule has 10 heteroatoms. The highest BCUT2D eigenvalue weighted by atomic mass is 32.2. The van der Waals surface area contributed by atoms with E-state index in [2.05, 4.69) is 13.8 Å². The zero-order valence-corrected chi connectivity index (χ0v) is 27.2. The number of aliphatic hydroxyl groups is 2. The van der Waals surface area contributed by atoms with Gasteiger partial charge in [-0.05, 0) is 111 Å². The fraction of sp³-hybridized carbons (Fsp3) is 0.970. The normalized spacial score (nSPS) is 42.0. The van der Waals surface area contributed by atoms with E-state index in [1.807, 2.05) is 11.8 Å². The summed E-state index contributed by atoms with van der Waals surface area (Å²) in [7, 11) is -4.07. The summed E-state index contributed by atoms with van der Waals surface area (Å²) in [6.07, 6.45) is 8.38. The highest BCUT2D eigenvalue weighted by molar-refractivity contribution is 7.85. The van der Waals surface area contributed by atoms with Crippen molar-refractivity contribution in [2.75, 3.05) is 12.3 Å². The molecule has 248 valence electrons. The van der Waals surface area contributed by atoms with Gasteiger partial charge in [0.2, 0.25) is 5.91 Å². The molecule has 5 aliphatic carbocycles. The monoisotopic (exact) mass is 631 g/mol. The SMILES string of the molecule is C[C@H](CCC(=O)N(CCCS(=O)(=O)O)C1CCCCC1)[C@H]1CC[C@H]2[C@@H]3[C@@H](O)C[C@@H]4C[C@@H](O)C(F)(F)C[C@]4(C)[C@H]3CC[C@]12C. The molecule has 10 atom stereocenters. The van der Waals surface area contributed by atoms with Crippen molar-refractivity contribution < 1.29 is 36.8 Å². The Bertz CT molecular complexity index is 1110. The van der Waals surface area contributed by atoms with Gasteiger partial charge in [0.05, 0.1) is 11.9 Å². The summed E-state index contributed by atoms with van der Waals surface area (Å²) in [5.74, 6) is -2.48. The molecule has 0 saturated heterocycles. The molecule has 5 aliphatic rings. The zero-order valence-electron chi connectivity index (χ0n) is 26.4. The molecule has 7 nitrogen and oxygen atoms in total. The van der Waals surface area contributed by atoms with Crippen LogP contribution >= 0.6 is 0 Å². The van der Waals surface area contributed by atoms with E-state index in [9.17, 15) is 36.8 Å². The van der Waals surface area contributed by atoms with Crippen LogP contribution in [-0.4, -0.2) is 70.5 Å². The third kappa shape index (κ3) is 6.55. The molecule has 3 N–H and O–H groups in total. The van der Waals surface area contributed by atoms with Crippen molar-refractivity contribution in [3.63, 3.8) is 0 Å². The van der Waals surface area contributed by atoms with Gasteiger partial charge in [0.15, 0.2) is 0 Å². The van der Waals surface area contributed by atoms with Crippen LogP contribution in [0.2, 0.25) is 0 Å². The highest BCUT2D eigenvalue weighted by Gasteiger charge is 2.66. The van der Waals surface area contributed by atoms with Crippen LogP contribution in [0.1, 0.15) is 117 Å². The van der Waals surface area contributed by atoms with Gasteiger partial charge in [0.25, 0.3) is 16.0 Å². The number of nitrogens with zero attached hydrogens (tertiary/aromatic N) is 1. The number of carbonyl (C=O) groups is 1. The first-order valence-corrected chi connectivity index (χ1v) is 18.7. The lowest BCUT2D eigenvalue weighted by Gasteiger charge is -2.63. The van der Waals surface area contributed by atoms with Crippen LogP contribution < -0.4 is 0 Å². The summed E-state index contributed by atoms with van der Waals surface area (Å²) in [5, 5.41) is 21.6. The van der Waals surface area contributed by atoms with Crippen molar-refractivity contribution in [2.24, 2.45) is 46.3 Å². The molecule has 0 heterocycles. The molecular weight excluding hydrogens is 576 g/mol. The molecular formula is C33H55F2NO6S. The Kier molecular flexibility index (Phi) is 9.67. The molecule has 0 radical (unpaired) electrons. The fourth-order valence-electron chi connectivity index (χ4n) is 11.2. The maximum atomic E-state index is 14.8. The van der Waals surface area contributed by atoms with Gasteiger partial charge in [-0.15, -0.1) is 0 Å². The van der Waals surface area contributed by atoms with Gasteiger partial charge < -0.3 is 15.1 Å². The van der Waals surface area contributed by atoms with Crippen LogP contribution in [0, 0.1) is 46.3 Å². The summed E-state index contributed by atoms with van der Waals surface area (Å²) in [4.78, 5) is 15.4. The minimum atomic E-state index is -4.07. The van der Waals surface area contributed by atoms with E-state index in [0.717, 1.165) is 64.2 Å². The Labute approximate surface area is 257 Å². The summed E-state index contributed by atoms with van der Waals surface area (Å²) in [6.45, 7) is 6.92. The van der Waals surface area contributed by atoms with Crippen LogP contribution in [0.3, 0.4) is 0 Å². The predicted octanol–water partition coefficient (Wildman–Crippen LogP) is 6.08. The minimum absolute atomic E-state index is 0.00512. The molecule has 0 aromatic carbocycles. The standard InChI is InChI=1S/C33H55F2NO6S/c1-21(10-13-29(39)36(16-7-17-43(40,41)42)23-8-5-4-6-9-23)24-11-12-25-30-26(14-15-31(24,25)2)32(3)20-33(34,35)28(38)19-22(32)18-27(30)37/h21-28,30,37-38H,4-20H2,1-3H3,(H,40,41,42)/t21-,22-,24-,25+,26+,27+,28-,30+,31-,32+/m1/s1. The molecule has 43 heavy (non-hydrogen) atoms. The predicted molar refractivity (Wildman–Crippen MR) is 161 cm³/mol. The number of alkyl halides is 2. The van der Waals surface area contributed by atoms with Crippen LogP contribution in [0.5, 0.6) is 0 Å². The smallest absolute Gasteiger partial charge is 0.274 e. The fourth-order valence-corrected chi connectivity index (χ4v) is 11.7. The minimum Gasteiger partial charge on any atom is -0.393 e. The van der Waals surface area contributed by atoms with E-state index >= 15 is 0 Å². The molecule has 0 unspecified atom stereocenters. The van der Waals surface area contributed by atoms with Crippen molar-refractivity contribution in [1.29, 1.82) is 0 Å². The van der Waals surface area contributed by atoms with Crippen LogP contribution in [0.4, 0.5) is 8.78 Å². The van der Waals surface area contributed by atoms with E-state index in [4.69, 9.17) is 0 Å². The van der Waals surface area contributed by atoms with E-state index < -0.39 is 33.7 Å². The van der Waals surface area contributed by atoms with Crippen LogP contribution in [0.15, 0.2) is 0 Å². The van der Waals surface area contributed by atoms with Gasteiger partial charge >= 0.3 is 0 Å². The number of hydrogen-bond donors (Lipinski definition) is 3. The van der Waals surface area contributed by atoms with Crippen molar-refractivity contribution in [2.45, 2.75) is 141 Å². The van der Waals surface area contributed by atoms with Crippen molar-refractivity contribution in [1.82, 2.24) is 4.90 Å². The van der Waals surface area contributed by atoms with Crippen molar-refractivity contribution in [3.05, 3.63) is 0 Å². The second-order valence-electron chi connectivity index (χ2n) is 15.7. The Hall–Kier alpha value is -0.840. The third-order valence-electron chi connectivity index (χ3n) is 13.4. The van der Waals surface area contributed by atoms with Gasteiger partial charge in [-0.2, -0.15) is 8.42 Å². The topological polar surface area (TPSA) is 115 Å². The molecule has 5 saturated carbocycles. The zero-order chi connectivity index (χ0) is 31.4. The quantitative estimate of drug-likeness (QED) is 0.266. The first-order chi connectivity index (χ1) is 20.1.